The van der Waals surface area contributed by atoms with Gasteiger partial charge >= 0.3 is 0 Å². The Kier molecular flexibility index (Phi) is 5.90. The number of benzene rings is 8. The molecule has 196 valence electrons. The topological polar surface area (TPSA) is 0 Å². The van der Waals surface area contributed by atoms with E-state index < -0.39 is 0 Å². The third kappa shape index (κ3) is 4.00. The number of hydrogen-bond acceptors (Lipinski definition) is 0. The second-order valence-corrected chi connectivity index (χ2v) is 10.9. The van der Waals surface area contributed by atoms with Crippen LogP contribution in [0.5, 0.6) is 0 Å². The second kappa shape index (κ2) is 10.2. The van der Waals surface area contributed by atoms with Crippen LogP contribution in [-0.4, -0.2) is 0 Å². The fraction of sp³-hybridized carbons (Fsp3) is 0. The molecule has 8 aromatic rings. The Labute approximate surface area is 246 Å². The van der Waals surface area contributed by atoms with Gasteiger partial charge in [-0.1, -0.05) is 158 Å². The van der Waals surface area contributed by atoms with Crippen LogP contribution >= 0.6 is 0 Å². The van der Waals surface area contributed by atoms with Gasteiger partial charge in [-0.05, 0) is 89.0 Å². The maximum Gasteiger partial charge on any atom is -0.00199 e. The molecule has 0 amide bonds. The van der Waals surface area contributed by atoms with Crippen molar-refractivity contribution < 1.29 is 0 Å². The van der Waals surface area contributed by atoms with Crippen molar-refractivity contribution in [3.8, 4) is 44.5 Å². The molecule has 8 aromatic carbocycles. The van der Waals surface area contributed by atoms with E-state index in [-0.39, 0.29) is 0 Å². The zero-order valence-electron chi connectivity index (χ0n) is 23.2. The number of rotatable bonds is 4. The van der Waals surface area contributed by atoms with Crippen LogP contribution in [0.2, 0.25) is 0 Å². The Morgan fingerprint density at radius 2 is 0.571 bits per heavy atom. The molecule has 0 spiro atoms. The van der Waals surface area contributed by atoms with Gasteiger partial charge in [0.05, 0.1) is 0 Å². The fourth-order valence-corrected chi connectivity index (χ4v) is 6.58. The van der Waals surface area contributed by atoms with Gasteiger partial charge < -0.3 is 0 Å². The summed E-state index contributed by atoms with van der Waals surface area (Å²) in [5.41, 5.74) is 10.0. The lowest BCUT2D eigenvalue weighted by Gasteiger charge is -2.21. The van der Waals surface area contributed by atoms with Gasteiger partial charge in [-0.3, -0.25) is 0 Å². The first-order valence-corrected chi connectivity index (χ1v) is 14.5. The van der Waals surface area contributed by atoms with Gasteiger partial charge in [0.2, 0.25) is 0 Å². The van der Waals surface area contributed by atoms with Crippen LogP contribution in [0.3, 0.4) is 0 Å². The van der Waals surface area contributed by atoms with Crippen molar-refractivity contribution in [1.29, 1.82) is 0 Å². The lowest BCUT2D eigenvalue weighted by molar-refractivity contribution is 1.60. The predicted octanol–water partition coefficient (Wildman–Crippen LogP) is 11.8. The zero-order chi connectivity index (χ0) is 27.9. The molecule has 0 aliphatic rings. The van der Waals surface area contributed by atoms with Crippen molar-refractivity contribution in [2.45, 2.75) is 0 Å². The Hall–Kier alpha value is -5.46. The highest BCUT2D eigenvalue weighted by molar-refractivity contribution is 6.25. The molecule has 0 bridgehead atoms. The molecule has 0 nitrogen and oxygen atoms in total. The average molecular weight is 533 g/mol. The van der Waals surface area contributed by atoms with Crippen LogP contribution in [0, 0.1) is 0 Å². The summed E-state index contributed by atoms with van der Waals surface area (Å²) in [6.07, 6.45) is 0. The van der Waals surface area contributed by atoms with Gasteiger partial charge in [0, 0.05) is 0 Å². The summed E-state index contributed by atoms with van der Waals surface area (Å²) in [4.78, 5) is 0. The summed E-state index contributed by atoms with van der Waals surface area (Å²) in [5, 5.41) is 7.58. The third-order valence-electron chi connectivity index (χ3n) is 8.45. The fourth-order valence-electron chi connectivity index (χ4n) is 6.58. The van der Waals surface area contributed by atoms with E-state index in [1.54, 1.807) is 0 Å². The smallest absolute Gasteiger partial charge is 0.00199 e. The molecule has 0 aliphatic heterocycles. The lowest BCUT2D eigenvalue weighted by Crippen LogP contribution is -1.94. The maximum absolute atomic E-state index is 2.41. The van der Waals surface area contributed by atoms with E-state index in [9.17, 15) is 0 Å². The highest BCUT2D eigenvalue weighted by Gasteiger charge is 2.21. The molecule has 0 N–H and O–H groups in total. The second-order valence-electron chi connectivity index (χ2n) is 10.9. The zero-order valence-corrected chi connectivity index (χ0v) is 23.2. The van der Waals surface area contributed by atoms with E-state index in [4.69, 9.17) is 0 Å². The van der Waals surface area contributed by atoms with Crippen LogP contribution in [-0.2, 0) is 0 Å². The third-order valence-corrected chi connectivity index (χ3v) is 8.45. The summed E-state index contributed by atoms with van der Waals surface area (Å²) in [5.74, 6) is 0. The molecule has 0 radical (unpaired) electrons. The molecular weight excluding hydrogens is 504 g/mol. The van der Waals surface area contributed by atoms with Crippen LogP contribution in [0.15, 0.2) is 170 Å². The first-order valence-electron chi connectivity index (χ1n) is 14.5. The number of fused-ring (bicyclic) bond motifs is 3. The molecule has 0 aromatic heterocycles. The summed E-state index contributed by atoms with van der Waals surface area (Å²) in [6.45, 7) is 0. The summed E-state index contributed by atoms with van der Waals surface area (Å²) < 4.78 is 0. The van der Waals surface area contributed by atoms with E-state index in [0.717, 1.165) is 0 Å². The van der Waals surface area contributed by atoms with Gasteiger partial charge in [0.1, 0.15) is 0 Å². The van der Waals surface area contributed by atoms with E-state index in [1.165, 1.54) is 76.8 Å². The lowest BCUT2D eigenvalue weighted by atomic mass is 9.81. The van der Waals surface area contributed by atoms with Crippen LogP contribution in [0.1, 0.15) is 0 Å². The molecule has 0 unspecified atom stereocenters. The summed E-state index contributed by atoms with van der Waals surface area (Å²) in [6, 6.07) is 61.7. The van der Waals surface area contributed by atoms with Gasteiger partial charge in [-0.25, -0.2) is 0 Å². The molecular formula is C42H28. The normalized spacial score (nSPS) is 11.3. The molecule has 0 heterocycles. The van der Waals surface area contributed by atoms with Crippen LogP contribution < -0.4 is 0 Å². The van der Waals surface area contributed by atoms with Crippen molar-refractivity contribution in [2.24, 2.45) is 0 Å². The average Bonchev–Trinajstić information content (AvgIpc) is 3.07. The summed E-state index contributed by atoms with van der Waals surface area (Å²) >= 11 is 0. The SMILES string of the molecule is c1ccc(-c2ccccc2-c2c3ccccc3c(-c3ccccc3-c3ccccc3)c3cc4ccccc4cc23)cc1. The Morgan fingerprint density at radius 1 is 0.238 bits per heavy atom. The molecule has 0 fully saturated rings. The van der Waals surface area contributed by atoms with Crippen molar-refractivity contribution in [2.75, 3.05) is 0 Å². The Balaban J connectivity index is 1.57. The standard InChI is InChI=1S/C42H28/c1-3-15-29(16-4-1)33-21-9-11-23-35(33)41-37-25-13-14-26-38(37)42(40-28-32-20-8-7-19-31(32)27-39(40)41)36-24-12-10-22-34(36)30-17-5-2-6-18-30/h1-28H. The van der Waals surface area contributed by atoms with E-state index in [2.05, 4.69) is 170 Å². The Morgan fingerprint density at radius 3 is 1.00 bits per heavy atom. The monoisotopic (exact) mass is 532 g/mol. The van der Waals surface area contributed by atoms with Gasteiger partial charge in [-0.15, -0.1) is 0 Å². The molecule has 42 heavy (non-hydrogen) atoms. The van der Waals surface area contributed by atoms with Gasteiger partial charge in [0.25, 0.3) is 0 Å². The van der Waals surface area contributed by atoms with Crippen LogP contribution in [0.4, 0.5) is 0 Å². The molecule has 0 heteroatoms. The first-order chi connectivity index (χ1) is 20.9. The van der Waals surface area contributed by atoms with E-state index >= 15 is 0 Å². The van der Waals surface area contributed by atoms with Crippen molar-refractivity contribution >= 4 is 32.3 Å². The first kappa shape index (κ1) is 24.3. The molecule has 0 atom stereocenters. The molecule has 0 saturated carbocycles. The Bertz CT molecular complexity index is 2060. The van der Waals surface area contributed by atoms with Crippen LogP contribution in [0.25, 0.3) is 76.8 Å². The van der Waals surface area contributed by atoms with Crippen molar-refractivity contribution in [3.63, 3.8) is 0 Å². The van der Waals surface area contributed by atoms with Crippen molar-refractivity contribution in [1.82, 2.24) is 0 Å². The predicted molar refractivity (Wildman–Crippen MR) is 181 cm³/mol. The summed E-state index contributed by atoms with van der Waals surface area (Å²) in [7, 11) is 0. The molecule has 0 aliphatic carbocycles. The minimum atomic E-state index is 1.23. The van der Waals surface area contributed by atoms with Gasteiger partial charge in [0.15, 0.2) is 0 Å². The highest BCUT2D eigenvalue weighted by atomic mass is 14.2. The van der Waals surface area contributed by atoms with E-state index in [0.29, 0.717) is 0 Å². The highest BCUT2D eigenvalue weighted by Crippen LogP contribution is 2.48. The maximum atomic E-state index is 2.41. The van der Waals surface area contributed by atoms with Gasteiger partial charge in [-0.2, -0.15) is 0 Å². The minimum Gasteiger partial charge on any atom is -0.0622 e. The van der Waals surface area contributed by atoms with E-state index in [1.807, 2.05) is 0 Å². The molecule has 8 rings (SSSR count). The number of hydrogen-bond donors (Lipinski definition) is 0. The largest absolute Gasteiger partial charge is 0.0622 e. The molecule has 0 saturated heterocycles. The quantitative estimate of drug-likeness (QED) is 0.198. The minimum absolute atomic E-state index is 1.23. The van der Waals surface area contributed by atoms with Crippen molar-refractivity contribution in [3.05, 3.63) is 170 Å².